The zero-order valence-electron chi connectivity index (χ0n) is 21.0. The lowest BCUT2D eigenvalue weighted by molar-refractivity contribution is -0.123. The van der Waals surface area contributed by atoms with Crippen LogP contribution in [0.4, 0.5) is 11.4 Å². The van der Waals surface area contributed by atoms with Crippen molar-refractivity contribution in [1.29, 1.82) is 0 Å². The van der Waals surface area contributed by atoms with Crippen molar-refractivity contribution in [1.82, 2.24) is 0 Å². The summed E-state index contributed by atoms with van der Waals surface area (Å²) < 4.78 is 0. The van der Waals surface area contributed by atoms with E-state index in [0.717, 1.165) is 42.7 Å². The SMILES string of the molecule is CCCCCCCCCCN1CCCc2c(C)c(CO)c(C)c(NC(=O)C(C)(C)C)c21. The number of nitrogens with zero attached hydrogens (tertiary/aromatic N) is 1. The van der Waals surface area contributed by atoms with E-state index in [9.17, 15) is 9.90 Å². The summed E-state index contributed by atoms with van der Waals surface area (Å²) in [5, 5.41) is 13.3. The van der Waals surface area contributed by atoms with Crippen molar-refractivity contribution in [3.63, 3.8) is 0 Å². The van der Waals surface area contributed by atoms with Crippen LogP contribution in [0, 0.1) is 19.3 Å². The summed E-state index contributed by atoms with van der Waals surface area (Å²) in [5.41, 5.74) is 6.16. The maximum atomic E-state index is 12.9. The number of anilines is 2. The molecule has 4 nitrogen and oxygen atoms in total. The molecule has 0 fully saturated rings. The van der Waals surface area contributed by atoms with E-state index in [0.29, 0.717) is 0 Å². The second-order valence-corrected chi connectivity index (χ2v) is 10.4. The Kier molecular flexibility index (Phi) is 9.87. The Balaban J connectivity index is 2.19. The highest BCUT2D eigenvalue weighted by Crippen LogP contribution is 2.42. The lowest BCUT2D eigenvalue weighted by atomic mass is 9.88. The number of nitrogens with one attached hydrogen (secondary N) is 1. The van der Waals surface area contributed by atoms with Crippen LogP contribution in [-0.4, -0.2) is 24.1 Å². The van der Waals surface area contributed by atoms with Gasteiger partial charge in [-0.3, -0.25) is 4.79 Å². The van der Waals surface area contributed by atoms with Gasteiger partial charge in [0.2, 0.25) is 5.91 Å². The van der Waals surface area contributed by atoms with Crippen LogP contribution in [0.5, 0.6) is 0 Å². The molecule has 0 saturated heterocycles. The first-order valence-corrected chi connectivity index (χ1v) is 12.5. The highest BCUT2D eigenvalue weighted by atomic mass is 16.3. The Labute approximate surface area is 190 Å². The number of aliphatic hydroxyl groups is 1. The van der Waals surface area contributed by atoms with Crippen molar-refractivity contribution in [3.8, 4) is 0 Å². The number of fused-ring (bicyclic) bond motifs is 1. The van der Waals surface area contributed by atoms with Gasteiger partial charge in [-0.2, -0.15) is 0 Å². The molecular formula is C27H46N2O2. The Morgan fingerprint density at radius 3 is 2.19 bits per heavy atom. The van der Waals surface area contributed by atoms with E-state index < -0.39 is 5.41 Å². The van der Waals surface area contributed by atoms with Crippen molar-refractivity contribution in [2.75, 3.05) is 23.3 Å². The molecule has 1 aromatic rings. The Morgan fingerprint density at radius 2 is 1.61 bits per heavy atom. The van der Waals surface area contributed by atoms with Gasteiger partial charge in [0.25, 0.3) is 0 Å². The van der Waals surface area contributed by atoms with Crippen LogP contribution in [-0.2, 0) is 17.8 Å². The topological polar surface area (TPSA) is 52.6 Å². The molecule has 31 heavy (non-hydrogen) atoms. The molecule has 0 spiro atoms. The highest BCUT2D eigenvalue weighted by molar-refractivity contribution is 5.99. The van der Waals surface area contributed by atoms with E-state index in [1.807, 2.05) is 27.7 Å². The van der Waals surface area contributed by atoms with Crippen LogP contribution in [0.2, 0.25) is 0 Å². The number of carbonyl (C=O) groups is 1. The lowest BCUT2D eigenvalue weighted by Crippen LogP contribution is -2.34. The van der Waals surface area contributed by atoms with E-state index in [4.69, 9.17) is 0 Å². The van der Waals surface area contributed by atoms with E-state index >= 15 is 0 Å². The van der Waals surface area contributed by atoms with Gasteiger partial charge >= 0.3 is 0 Å². The second kappa shape index (κ2) is 11.9. The Morgan fingerprint density at radius 1 is 1.00 bits per heavy atom. The number of hydrogen-bond acceptors (Lipinski definition) is 3. The summed E-state index contributed by atoms with van der Waals surface area (Å²) in [6.45, 7) is 14.4. The lowest BCUT2D eigenvalue weighted by Gasteiger charge is -2.36. The maximum absolute atomic E-state index is 12.9. The monoisotopic (exact) mass is 430 g/mol. The van der Waals surface area contributed by atoms with Crippen molar-refractivity contribution >= 4 is 17.3 Å². The molecule has 2 N–H and O–H groups in total. The fourth-order valence-electron chi connectivity index (χ4n) is 4.69. The van der Waals surface area contributed by atoms with Crippen molar-refractivity contribution < 1.29 is 9.90 Å². The minimum Gasteiger partial charge on any atom is -0.392 e. The van der Waals surface area contributed by atoms with Gasteiger partial charge in [-0.05, 0) is 55.4 Å². The van der Waals surface area contributed by atoms with Crippen LogP contribution in [0.3, 0.4) is 0 Å². The molecule has 1 aliphatic rings. The summed E-state index contributed by atoms with van der Waals surface area (Å²) in [7, 11) is 0. The number of aliphatic hydroxyl groups excluding tert-OH is 1. The molecule has 1 amide bonds. The van der Waals surface area contributed by atoms with Crippen LogP contribution in [0.25, 0.3) is 0 Å². The number of benzene rings is 1. The van der Waals surface area contributed by atoms with Gasteiger partial charge in [-0.15, -0.1) is 0 Å². The number of unbranched alkanes of at least 4 members (excludes halogenated alkanes) is 7. The van der Waals surface area contributed by atoms with Gasteiger partial charge in [-0.25, -0.2) is 0 Å². The Hall–Kier alpha value is -1.55. The fraction of sp³-hybridized carbons (Fsp3) is 0.741. The van der Waals surface area contributed by atoms with Gasteiger partial charge in [0.15, 0.2) is 0 Å². The van der Waals surface area contributed by atoms with Crippen molar-refractivity contribution in [3.05, 3.63) is 22.3 Å². The molecule has 0 radical (unpaired) electrons. The molecule has 0 saturated carbocycles. The minimum absolute atomic E-state index is 0.0152. The summed E-state index contributed by atoms with van der Waals surface area (Å²) in [5.74, 6) is 0.0307. The third-order valence-electron chi connectivity index (χ3n) is 6.79. The molecule has 0 atom stereocenters. The number of rotatable bonds is 11. The average molecular weight is 431 g/mol. The van der Waals surface area contributed by atoms with E-state index in [-0.39, 0.29) is 12.5 Å². The highest BCUT2D eigenvalue weighted by Gasteiger charge is 2.29. The normalized spacial score (nSPS) is 14.0. The first kappa shape index (κ1) is 25.7. The standard InChI is InChI=1S/C27H46N2O2/c1-7-8-9-10-11-12-13-14-17-29-18-15-16-22-20(2)23(19-30)21(3)24(25(22)29)28-26(31)27(4,5)6/h30H,7-19H2,1-6H3,(H,28,31). The molecule has 1 heterocycles. The van der Waals surface area contributed by atoms with E-state index in [1.54, 1.807) is 0 Å². The largest absolute Gasteiger partial charge is 0.392 e. The molecule has 1 aliphatic heterocycles. The zero-order valence-corrected chi connectivity index (χ0v) is 21.0. The van der Waals surface area contributed by atoms with Gasteiger partial charge in [0, 0.05) is 18.5 Å². The third-order valence-corrected chi connectivity index (χ3v) is 6.79. The van der Waals surface area contributed by atoms with Gasteiger partial charge in [0.05, 0.1) is 18.0 Å². The first-order chi connectivity index (χ1) is 14.7. The molecular weight excluding hydrogens is 384 g/mol. The molecule has 0 unspecified atom stereocenters. The smallest absolute Gasteiger partial charge is 0.229 e. The van der Waals surface area contributed by atoms with E-state index in [2.05, 4.69) is 24.1 Å². The fourth-order valence-corrected chi connectivity index (χ4v) is 4.69. The van der Waals surface area contributed by atoms with Crippen LogP contribution in [0.1, 0.15) is 108 Å². The van der Waals surface area contributed by atoms with Gasteiger partial charge in [-0.1, -0.05) is 72.6 Å². The predicted molar refractivity (Wildman–Crippen MR) is 133 cm³/mol. The summed E-state index contributed by atoms with van der Waals surface area (Å²) in [4.78, 5) is 15.4. The number of amides is 1. The molecule has 0 aromatic heterocycles. The van der Waals surface area contributed by atoms with Crippen molar-refractivity contribution in [2.24, 2.45) is 5.41 Å². The second-order valence-electron chi connectivity index (χ2n) is 10.4. The molecule has 0 bridgehead atoms. The third kappa shape index (κ3) is 6.71. The molecule has 0 aliphatic carbocycles. The van der Waals surface area contributed by atoms with Crippen LogP contribution in [0.15, 0.2) is 0 Å². The Bertz CT molecular complexity index is 734. The van der Waals surface area contributed by atoms with Gasteiger partial charge in [0.1, 0.15) is 0 Å². The average Bonchev–Trinajstić information content (AvgIpc) is 2.72. The van der Waals surface area contributed by atoms with Gasteiger partial charge < -0.3 is 15.3 Å². The van der Waals surface area contributed by atoms with Crippen molar-refractivity contribution in [2.45, 2.75) is 112 Å². The summed E-state index contributed by atoms with van der Waals surface area (Å²) in [6.07, 6.45) is 12.7. The van der Waals surface area contributed by atoms with E-state index in [1.165, 1.54) is 68.2 Å². The zero-order chi connectivity index (χ0) is 23.0. The quantitative estimate of drug-likeness (QED) is 0.385. The molecule has 4 heteroatoms. The maximum Gasteiger partial charge on any atom is 0.229 e. The number of hydrogen-bond donors (Lipinski definition) is 2. The summed E-state index contributed by atoms with van der Waals surface area (Å²) in [6, 6.07) is 0. The van der Waals surface area contributed by atoms with Crippen LogP contribution >= 0.6 is 0 Å². The van der Waals surface area contributed by atoms with Crippen LogP contribution < -0.4 is 10.2 Å². The number of carbonyl (C=O) groups excluding carboxylic acids is 1. The predicted octanol–water partition coefficient (Wildman–Crippen LogP) is 6.67. The first-order valence-electron chi connectivity index (χ1n) is 12.5. The summed E-state index contributed by atoms with van der Waals surface area (Å²) >= 11 is 0. The molecule has 2 rings (SSSR count). The molecule has 1 aromatic carbocycles. The molecule has 176 valence electrons. The minimum atomic E-state index is -0.457.